The Kier molecular flexibility index (Phi) is 2.57. The van der Waals surface area contributed by atoms with Crippen molar-refractivity contribution in [3.05, 3.63) is 36.0 Å². The molecular formula is C15H15N5O. The lowest BCUT2D eigenvalue weighted by atomic mass is 10.3. The average molecular weight is 281 g/mol. The van der Waals surface area contributed by atoms with Crippen LogP contribution < -0.4 is 5.32 Å². The van der Waals surface area contributed by atoms with Gasteiger partial charge in [-0.15, -0.1) is 0 Å². The van der Waals surface area contributed by atoms with Gasteiger partial charge in [0.1, 0.15) is 5.82 Å². The summed E-state index contributed by atoms with van der Waals surface area (Å²) in [5.41, 5.74) is 2.65. The van der Waals surface area contributed by atoms with Gasteiger partial charge >= 0.3 is 0 Å². The second-order valence-electron chi connectivity index (χ2n) is 5.42. The molecule has 1 aliphatic rings. The van der Waals surface area contributed by atoms with Gasteiger partial charge in [-0.05, 0) is 31.9 Å². The Hall–Kier alpha value is -2.63. The Morgan fingerprint density at radius 1 is 1.38 bits per heavy atom. The SMILES string of the molecule is Cc1cc(NC(=O)C2CC2)n(-c2nc3ccccc3[nH]2)n1. The smallest absolute Gasteiger partial charge is 0.231 e. The molecule has 1 saturated carbocycles. The number of nitrogens with one attached hydrogen (secondary N) is 2. The van der Waals surface area contributed by atoms with Crippen molar-refractivity contribution in [2.45, 2.75) is 19.8 Å². The molecule has 0 unspecified atom stereocenters. The number of nitrogens with zero attached hydrogens (tertiary/aromatic N) is 3. The Morgan fingerprint density at radius 2 is 2.19 bits per heavy atom. The van der Waals surface area contributed by atoms with Gasteiger partial charge in [-0.1, -0.05) is 12.1 Å². The molecule has 0 radical (unpaired) electrons. The van der Waals surface area contributed by atoms with Crippen LogP contribution in [0.5, 0.6) is 0 Å². The molecule has 1 fully saturated rings. The van der Waals surface area contributed by atoms with Gasteiger partial charge in [-0.3, -0.25) is 4.79 Å². The molecule has 2 N–H and O–H groups in total. The summed E-state index contributed by atoms with van der Waals surface area (Å²) in [7, 11) is 0. The molecule has 1 aliphatic carbocycles. The molecule has 0 saturated heterocycles. The monoisotopic (exact) mass is 281 g/mol. The van der Waals surface area contributed by atoms with E-state index >= 15 is 0 Å². The van der Waals surface area contributed by atoms with Gasteiger partial charge < -0.3 is 10.3 Å². The topological polar surface area (TPSA) is 75.6 Å². The van der Waals surface area contributed by atoms with E-state index in [0.717, 1.165) is 29.6 Å². The number of aryl methyl sites for hydroxylation is 1. The van der Waals surface area contributed by atoms with Gasteiger partial charge in [0.2, 0.25) is 11.9 Å². The van der Waals surface area contributed by atoms with Crippen LogP contribution in [0.3, 0.4) is 0 Å². The summed E-state index contributed by atoms with van der Waals surface area (Å²) in [6.45, 7) is 1.89. The van der Waals surface area contributed by atoms with Crippen LogP contribution in [-0.4, -0.2) is 25.7 Å². The Morgan fingerprint density at radius 3 is 2.95 bits per heavy atom. The molecule has 0 bridgehead atoms. The molecule has 1 amide bonds. The minimum absolute atomic E-state index is 0.0623. The summed E-state index contributed by atoms with van der Waals surface area (Å²) in [6, 6.07) is 9.65. The highest BCUT2D eigenvalue weighted by Crippen LogP contribution is 2.30. The quantitative estimate of drug-likeness (QED) is 0.774. The average Bonchev–Trinajstić information content (AvgIpc) is 3.13. The molecule has 2 aromatic heterocycles. The van der Waals surface area contributed by atoms with E-state index in [1.165, 1.54) is 0 Å². The third-order valence-electron chi connectivity index (χ3n) is 3.61. The number of anilines is 1. The molecule has 6 nitrogen and oxygen atoms in total. The molecule has 0 aliphatic heterocycles. The van der Waals surface area contributed by atoms with Gasteiger partial charge in [0.05, 0.1) is 16.7 Å². The van der Waals surface area contributed by atoms with Crippen molar-refractivity contribution in [2.75, 3.05) is 5.32 Å². The summed E-state index contributed by atoms with van der Waals surface area (Å²) in [5, 5.41) is 7.35. The van der Waals surface area contributed by atoms with Crippen molar-refractivity contribution in [2.24, 2.45) is 5.92 Å². The Balaban J connectivity index is 1.74. The number of aromatic amines is 1. The highest BCUT2D eigenvalue weighted by molar-refractivity contribution is 5.93. The minimum Gasteiger partial charge on any atom is -0.322 e. The van der Waals surface area contributed by atoms with Gasteiger partial charge in [0.15, 0.2) is 0 Å². The van der Waals surface area contributed by atoms with Crippen molar-refractivity contribution in [3.63, 3.8) is 0 Å². The molecule has 0 spiro atoms. The number of amides is 1. The Bertz CT molecular complexity index is 795. The summed E-state index contributed by atoms with van der Waals surface area (Å²) in [5.74, 6) is 1.48. The molecular weight excluding hydrogens is 266 g/mol. The molecule has 0 atom stereocenters. The first kappa shape index (κ1) is 12.1. The maximum Gasteiger partial charge on any atom is 0.231 e. The molecule has 1 aromatic carbocycles. The van der Waals surface area contributed by atoms with E-state index in [2.05, 4.69) is 20.4 Å². The van der Waals surface area contributed by atoms with Crippen LogP contribution >= 0.6 is 0 Å². The molecule has 106 valence electrons. The van der Waals surface area contributed by atoms with Crippen LogP contribution in [0.25, 0.3) is 17.0 Å². The third kappa shape index (κ3) is 2.18. The normalized spacial score (nSPS) is 14.5. The molecule has 21 heavy (non-hydrogen) atoms. The predicted octanol–water partition coefficient (Wildman–Crippen LogP) is 2.41. The highest BCUT2D eigenvalue weighted by atomic mass is 16.2. The van der Waals surface area contributed by atoms with E-state index in [0.29, 0.717) is 11.8 Å². The fourth-order valence-corrected chi connectivity index (χ4v) is 2.36. The van der Waals surface area contributed by atoms with Crippen molar-refractivity contribution < 1.29 is 4.79 Å². The van der Waals surface area contributed by atoms with Crippen molar-refractivity contribution in [1.29, 1.82) is 0 Å². The molecule has 2 heterocycles. The van der Waals surface area contributed by atoms with E-state index in [4.69, 9.17) is 0 Å². The van der Waals surface area contributed by atoms with E-state index in [1.54, 1.807) is 4.68 Å². The fraction of sp³-hybridized carbons (Fsp3) is 0.267. The lowest BCUT2D eigenvalue weighted by molar-refractivity contribution is -0.117. The molecule has 6 heteroatoms. The number of carbonyl (C=O) groups excluding carboxylic acids is 1. The fourth-order valence-electron chi connectivity index (χ4n) is 2.36. The van der Waals surface area contributed by atoms with Gasteiger partial charge in [-0.2, -0.15) is 9.78 Å². The third-order valence-corrected chi connectivity index (χ3v) is 3.61. The second-order valence-corrected chi connectivity index (χ2v) is 5.42. The van der Waals surface area contributed by atoms with E-state index in [-0.39, 0.29) is 11.8 Å². The van der Waals surface area contributed by atoms with Gasteiger partial charge in [0, 0.05) is 12.0 Å². The van der Waals surface area contributed by atoms with E-state index in [9.17, 15) is 4.79 Å². The predicted molar refractivity (Wildman–Crippen MR) is 79.3 cm³/mol. The number of rotatable bonds is 3. The zero-order valence-corrected chi connectivity index (χ0v) is 11.6. The number of imidazole rings is 1. The maximum atomic E-state index is 12.0. The number of hydrogen-bond acceptors (Lipinski definition) is 3. The maximum absolute atomic E-state index is 12.0. The van der Waals surface area contributed by atoms with Crippen LogP contribution in [0.15, 0.2) is 30.3 Å². The highest BCUT2D eigenvalue weighted by Gasteiger charge is 2.30. The summed E-state index contributed by atoms with van der Waals surface area (Å²) >= 11 is 0. The van der Waals surface area contributed by atoms with Crippen molar-refractivity contribution >= 4 is 22.8 Å². The number of fused-ring (bicyclic) bond motifs is 1. The largest absolute Gasteiger partial charge is 0.322 e. The number of hydrogen-bond donors (Lipinski definition) is 2. The van der Waals surface area contributed by atoms with E-state index < -0.39 is 0 Å². The number of H-pyrrole nitrogens is 1. The summed E-state index contributed by atoms with van der Waals surface area (Å²) < 4.78 is 1.65. The summed E-state index contributed by atoms with van der Waals surface area (Å²) in [6.07, 6.45) is 1.95. The number of carbonyl (C=O) groups is 1. The first-order chi connectivity index (χ1) is 10.2. The van der Waals surface area contributed by atoms with Crippen LogP contribution in [0, 0.1) is 12.8 Å². The van der Waals surface area contributed by atoms with Gasteiger partial charge in [0.25, 0.3) is 0 Å². The van der Waals surface area contributed by atoms with Crippen LogP contribution in [0.2, 0.25) is 0 Å². The van der Waals surface area contributed by atoms with Gasteiger partial charge in [-0.25, -0.2) is 4.98 Å². The number of para-hydroxylation sites is 2. The Labute approximate surface area is 121 Å². The zero-order valence-electron chi connectivity index (χ0n) is 11.6. The molecule has 4 rings (SSSR count). The lowest BCUT2D eigenvalue weighted by Gasteiger charge is -2.05. The second kappa shape index (κ2) is 4.44. The van der Waals surface area contributed by atoms with Crippen molar-refractivity contribution in [3.8, 4) is 5.95 Å². The van der Waals surface area contributed by atoms with E-state index in [1.807, 2.05) is 37.3 Å². The number of aromatic nitrogens is 4. The van der Waals surface area contributed by atoms with Crippen LogP contribution in [0.4, 0.5) is 5.82 Å². The first-order valence-electron chi connectivity index (χ1n) is 7.03. The standard InChI is InChI=1S/C15H15N5O/c1-9-8-13(18-14(21)10-6-7-10)20(19-9)15-16-11-4-2-3-5-12(11)17-15/h2-5,8,10H,6-7H2,1H3,(H,16,17)(H,18,21). The number of benzene rings is 1. The first-order valence-corrected chi connectivity index (χ1v) is 7.03. The summed E-state index contributed by atoms with van der Waals surface area (Å²) in [4.78, 5) is 19.7. The van der Waals surface area contributed by atoms with Crippen LogP contribution in [-0.2, 0) is 4.79 Å². The minimum atomic E-state index is 0.0623. The lowest BCUT2D eigenvalue weighted by Crippen LogP contribution is -2.16. The molecule has 3 aromatic rings. The van der Waals surface area contributed by atoms with Crippen molar-refractivity contribution in [1.82, 2.24) is 19.7 Å². The van der Waals surface area contributed by atoms with Crippen LogP contribution in [0.1, 0.15) is 18.5 Å². The zero-order chi connectivity index (χ0) is 14.4.